The van der Waals surface area contributed by atoms with Gasteiger partial charge in [0, 0.05) is 43.8 Å². The number of fused-ring (bicyclic) bond motifs is 2. The van der Waals surface area contributed by atoms with E-state index in [2.05, 4.69) is 31.7 Å². The van der Waals surface area contributed by atoms with E-state index in [9.17, 15) is 13.2 Å². The molecule has 8 nitrogen and oxygen atoms in total. The summed E-state index contributed by atoms with van der Waals surface area (Å²) in [6, 6.07) is 10.0. The molecule has 0 bridgehead atoms. The number of benzene rings is 1. The van der Waals surface area contributed by atoms with E-state index in [1.54, 1.807) is 6.07 Å². The maximum atomic E-state index is 13.3. The summed E-state index contributed by atoms with van der Waals surface area (Å²) in [6.45, 7) is 4.44. The molecule has 3 heterocycles. The quantitative estimate of drug-likeness (QED) is 0.426. The number of ether oxygens (including phenoxy) is 3. The van der Waals surface area contributed by atoms with Crippen molar-refractivity contribution in [3.63, 3.8) is 0 Å². The smallest absolute Gasteiger partial charge is 0.383 e. The van der Waals surface area contributed by atoms with Gasteiger partial charge in [0.2, 0.25) is 0 Å². The Kier molecular flexibility index (Phi) is 6.78. The second kappa shape index (κ2) is 9.88. The van der Waals surface area contributed by atoms with Crippen LogP contribution in [-0.4, -0.2) is 53.2 Å². The third-order valence-electron chi connectivity index (χ3n) is 6.37. The molecule has 11 heteroatoms. The fourth-order valence-corrected chi connectivity index (χ4v) is 4.80. The van der Waals surface area contributed by atoms with Crippen molar-refractivity contribution >= 4 is 17.3 Å². The number of nitrogens with zero attached hydrogens (tertiary/aromatic N) is 3. The molecule has 0 radical (unpaired) electrons. The van der Waals surface area contributed by atoms with Gasteiger partial charge in [0.25, 0.3) is 0 Å². The third kappa shape index (κ3) is 5.53. The first-order chi connectivity index (χ1) is 17.6. The van der Waals surface area contributed by atoms with E-state index in [1.807, 2.05) is 26.0 Å². The number of anilines is 3. The number of alkyl halides is 3. The molecule has 1 aliphatic heterocycles. The summed E-state index contributed by atoms with van der Waals surface area (Å²) in [6.07, 6.45) is -1.77. The monoisotopic (exact) mass is 515 g/mol. The fourth-order valence-electron chi connectivity index (χ4n) is 4.80. The lowest BCUT2D eigenvalue weighted by Gasteiger charge is -2.27. The number of pyridine rings is 1. The normalized spacial score (nSPS) is 20.3. The highest BCUT2D eigenvalue weighted by Gasteiger charge is 2.44. The number of methoxy groups -OCH3 is 1. The van der Waals surface area contributed by atoms with Crippen molar-refractivity contribution in [1.29, 1.82) is 0 Å². The topological polar surface area (TPSA) is 90.4 Å². The summed E-state index contributed by atoms with van der Waals surface area (Å²) < 4.78 is 57.0. The largest absolute Gasteiger partial charge is 0.433 e. The van der Waals surface area contributed by atoms with Crippen molar-refractivity contribution in [1.82, 2.24) is 15.0 Å². The van der Waals surface area contributed by atoms with Crippen molar-refractivity contribution in [2.75, 3.05) is 30.9 Å². The lowest BCUT2D eigenvalue weighted by Crippen LogP contribution is -2.32. The number of halogens is 3. The van der Waals surface area contributed by atoms with E-state index in [4.69, 9.17) is 14.2 Å². The molecular formula is C26H28F3N5O3. The van der Waals surface area contributed by atoms with Gasteiger partial charge in [-0.2, -0.15) is 13.2 Å². The predicted octanol–water partition coefficient (Wildman–Crippen LogP) is 4.98. The van der Waals surface area contributed by atoms with E-state index >= 15 is 0 Å². The fraction of sp³-hybridized carbons (Fsp3) is 0.423. The molecule has 2 N–H and O–H groups in total. The van der Waals surface area contributed by atoms with Crippen molar-refractivity contribution in [2.24, 2.45) is 0 Å². The second-order valence-electron chi connectivity index (χ2n) is 9.49. The van der Waals surface area contributed by atoms with Crippen LogP contribution in [0.5, 0.6) is 0 Å². The summed E-state index contributed by atoms with van der Waals surface area (Å²) in [5.41, 5.74) is 3.06. The van der Waals surface area contributed by atoms with Gasteiger partial charge in [0.05, 0.1) is 24.5 Å². The zero-order valence-electron chi connectivity index (χ0n) is 20.7. The highest BCUT2D eigenvalue weighted by atomic mass is 19.4. The average Bonchev–Trinajstić information content (AvgIpc) is 3.15. The molecule has 0 amide bonds. The molecule has 196 valence electrons. The van der Waals surface area contributed by atoms with Crippen LogP contribution in [-0.2, 0) is 33.2 Å². The molecule has 1 fully saturated rings. The van der Waals surface area contributed by atoms with Crippen LogP contribution in [0.15, 0.2) is 42.7 Å². The first-order valence-electron chi connectivity index (χ1n) is 12.0. The molecule has 0 saturated carbocycles. The van der Waals surface area contributed by atoms with Crippen LogP contribution in [0.25, 0.3) is 11.3 Å². The van der Waals surface area contributed by atoms with Crippen LogP contribution in [0.3, 0.4) is 0 Å². The number of aromatic nitrogens is 3. The summed E-state index contributed by atoms with van der Waals surface area (Å²) in [5.74, 6) is -0.0372. The van der Waals surface area contributed by atoms with Gasteiger partial charge in [0.1, 0.15) is 23.7 Å². The molecule has 5 rings (SSSR count). The summed E-state index contributed by atoms with van der Waals surface area (Å²) in [5, 5.41) is 6.28. The van der Waals surface area contributed by atoms with Gasteiger partial charge in [-0.15, -0.1) is 0 Å². The third-order valence-corrected chi connectivity index (χ3v) is 6.37. The van der Waals surface area contributed by atoms with Crippen LogP contribution in [0.4, 0.5) is 30.5 Å². The zero-order valence-corrected chi connectivity index (χ0v) is 20.7. The minimum absolute atomic E-state index is 0.0135. The van der Waals surface area contributed by atoms with Crippen molar-refractivity contribution in [3.8, 4) is 11.3 Å². The zero-order chi connectivity index (χ0) is 26.2. The van der Waals surface area contributed by atoms with Crippen LogP contribution in [0.2, 0.25) is 0 Å². The Morgan fingerprint density at radius 3 is 2.62 bits per heavy atom. The summed E-state index contributed by atoms with van der Waals surface area (Å²) in [7, 11) is 1.51. The van der Waals surface area contributed by atoms with Gasteiger partial charge >= 0.3 is 6.18 Å². The Balaban J connectivity index is 1.43. The van der Waals surface area contributed by atoms with Gasteiger partial charge in [-0.05, 0) is 43.2 Å². The molecule has 37 heavy (non-hydrogen) atoms. The maximum absolute atomic E-state index is 13.3. The average molecular weight is 516 g/mol. The van der Waals surface area contributed by atoms with Gasteiger partial charge in [-0.3, -0.25) is 0 Å². The molecule has 0 spiro atoms. The first kappa shape index (κ1) is 25.4. The minimum Gasteiger partial charge on any atom is -0.383 e. The Bertz CT molecular complexity index is 1280. The lowest BCUT2D eigenvalue weighted by atomic mass is 9.86. The van der Waals surface area contributed by atoms with Crippen LogP contribution < -0.4 is 10.6 Å². The Hall–Kier alpha value is -3.28. The first-order valence-corrected chi connectivity index (χ1v) is 12.0. The standard InChI is InChI=1S/C26H28F3N5O3/c1-25(2)36-20-11-15-5-4-6-18(17(15)12-21(20)37-25)33-23-13-19(31-14-32-23)16-7-8-22(26(27,28)29)34-24(16)30-9-10-35-3/h4-8,13-14,20-21H,9-12H2,1-3H3,(H,30,34)(H,31,32,33)/t20-,21+/m1/s1. The number of rotatable bonds is 7. The summed E-state index contributed by atoms with van der Waals surface area (Å²) in [4.78, 5) is 12.4. The van der Waals surface area contributed by atoms with E-state index in [0.717, 1.165) is 23.7 Å². The molecule has 1 aromatic carbocycles. The van der Waals surface area contributed by atoms with Gasteiger partial charge in [-0.1, -0.05) is 12.1 Å². The van der Waals surface area contributed by atoms with Crippen LogP contribution in [0.1, 0.15) is 30.7 Å². The van der Waals surface area contributed by atoms with Crippen molar-refractivity contribution in [3.05, 3.63) is 59.5 Å². The van der Waals surface area contributed by atoms with Crippen molar-refractivity contribution < 1.29 is 27.4 Å². The summed E-state index contributed by atoms with van der Waals surface area (Å²) >= 11 is 0. The molecule has 2 atom stereocenters. The molecule has 1 saturated heterocycles. The van der Waals surface area contributed by atoms with Crippen molar-refractivity contribution in [2.45, 2.75) is 50.9 Å². The molecule has 2 aliphatic rings. The molecule has 2 aromatic heterocycles. The minimum atomic E-state index is -4.57. The highest BCUT2D eigenvalue weighted by molar-refractivity contribution is 5.75. The Morgan fingerprint density at radius 1 is 1.08 bits per heavy atom. The second-order valence-corrected chi connectivity index (χ2v) is 9.49. The Morgan fingerprint density at radius 2 is 1.86 bits per heavy atom. The lowest BCUT2D eigenvalue weighted by molar-refractivity contribution is -0.145. The molecule has 3 aromatic rings. The predicted molar refractivity (Wildman–Crippen MR) is 132 cm³/mol. The highest BCUT2D eigenvalue weighted by Crippen LogP contribution is 2.39. The molecule has 1 aliphatic carbocycles. The van der Waals surface area contributed by atoms with Crippen LogP contribution in [0, 0.1) is 0 Å². The molecular weight excluding hydrogens is 487 g/mol. The van der Waals surface area contributed by atoms with Gasteiger partial charge in [0.15, 0.2) is 5.79 Å². The Labute approximate surface area is 212 Å². The number of nitrogens with one attached hydrogen (secondary N) is 2. The van der Waals surface area contributed by atoms with Gasteiger partial charge in [-0.25, -0.2) is 15.0 Å². The molecule has 0 unspecified atom stereocenters. The van der Waals surface area contributed by atoms with E-state index in [0.29, 0.717) is 30.1 Å². The van der Waals surface area contributed by atoms with Gasteiger partial charge < -0.3 is 24.8 Å². The number of hydrogen-bond donors (Lipinski definition) is 2. The van der Waals surface area contributed by atoms with E-state index < -0.39 is 17.7 Å². The SMILES string of the molecule is COCCNc1nc(C(F)(F)F)ccc1-c1cc(Nc2cccc3c2C[C@@H]2OC(C)(C)O[C@@H]2C3)ncn1. The number of hydrogen-bond acceptors (Lipinski definition) is 8. The van der Waals surface area contributed by atoms with E-state index in [-0.39, 0.29) is 24.6 Å². The van der Waals surface area contributed by atoms with Crippen LogP contribution >= 0.6 is 0 Å². The maximum Gasteiger partial charge on any atom is 0.433 e. The van der Waals surface area contributed by atoms with E-state index in [1.165, 1.54) is 25.1 Å².